The highest BCUT2D eigenvalue weighted by atomic mass is 16.7. The van der Waals surface area contributed by atoms with Crippen LogP contribution in [0.3, 0.4) is 0 Å². The summed E-state index contributed by atoms with van der Waals surface area (Å²) in [5, 5.41) is 31.7. The molecule has 17 heteroatoms. The van der Waals surface area contributed by atoms with E-state index in [2.05, 4.69) is 21.7 Å². The van der Waals surface area contributed by atoms with Crippen molar-refractivity contribution in [2.75, 3.05) is 34.3 Å². The largest absolute Gasteiger partial charge is 0.459 e. The van der Waals surface area contributed by atoms with E-state index in [4.69, 9.17) is 37.9 Å². The molecular formula is C50H78N4O13. The van der Waals surface area contributed by atoms with Crippen molar-refractivity contribution in [2.45, 2.75) is 186 Å². The highest BCUT2D eigenvalue weighted by Gasteiger charge is 2.59. The predicted octanol–water partition coefficient (Wildman–Crippen LogP) is 4.90. The number of cyclic esters (lactones) is 1. The molecule has 1 aromatic heterocycles. The molecule has 5 heterocycles. The van der Waals surface area contributed by atoms with Gasteiger partial charge in [-0.05, 0) is 98.5 Å². The number of carbonyl (C=O) groups excluding carboxylic acids is 3. The number of hydrogen-bond donors (Lipinski definition) is 4. The highest BCUT2D eigenvalue weighted by molar-refractivity contribution is 5.92. The number of para-hydroxylation sites is 1. The third kappa shape index (κ3) is 11.6. The molecule has 4 aliphatic rings. The molecule has 2 bridgehead atoms. The van der Waals surface area contributed by atoms with Gasteiger partial charge in [-0.25, -0.2) is 4.79 Å². The SMILES string of the molecule is CC[C@@H]1OC(=O)[C@H](C)[C@@H](O[C@H]2C[C@@](C)(OC)C(OC(=O)NCCNCc3cnc4ccccc4c3)[C@H](C)O2)[C@H](C)[C@@H](O[C@@H]2O[C@H](C)C[C@H](N(C)C)[C@H]2O)[C@@](C)(O)C[C@@H](C)[C@H]2O[C@@]1(C)C(=O)[C@@H]2C. The number of esters is 1. The van der Waals surface area contributed by atoms with E-state index in [1.807, 2.05) is 91.0 Å². The summed E-state index contributed by atoms with van der Waals surface area (Å²) >= 11 is 0. The van der Waals surface area contributed by atoms with E-state index >= 15 is 0 Å². The van der Waals surface area contributed by atoms with Crippen molar-refractivity contribution in [3.63, 3.8) is 0 Å². The van der Waals surface area contributed by atoms with Gasteiger partial charge in [0.25, 0.3) is 0 Å². The molecule has 0 spiro atoms. The molecule has 4 N–H and O–H groups in total. The van der Waals surface area contributed by atoms with Gasteiger partial charge < -0.3 is 63.6 Å². The lowest BCUT2D eigenvalue weighted by Crippen LogP contribution is -2.61. The summed E-state index contributed by atoms with van der Waals surface area (Å²) in [6.45, 7) is 19.3. The molecule has 4 saturated heterocycles. The summed E-state index contributed by atoms with van der Waals surface area (Å²) in [5.74, 6) is -3.51. The number of alkyl carbamates (subject to hydrolysis) is 1. The number of fused-ring (bicyclic) bond motifs is 3. The number of benzene rings is 1. The summed E-state index contributed by atoms with van der Waals surface area (Å²) in [6, 6.07) is 9.70. The van der Waals surface area contributed by atoms with Gasteiger partial charge in [-0.2, -0.15) is 0 Å². The van der Waals surface area contributed by atoms with Crippen molar-refractivity contribution >= 4 is 28.7 Å². The maximum Gasteiger partial charge on any atom is 0.407 e. The molecule has 1 amide bonds. The standard InChI is InChI=1S/C50H78N4O13/c1-14-37-50(10)42(56)29(4)40(67-50)27(2)23-48(8,59)43(65-46-39(55)36(54(11)12)21-28(3)61-46)30(5)41(31(6)45(57)63-37)64-38-24-49(9,60-13)44(32(7)62-38)66-47(58)52-20-19-51-25-33-22-34-17-15-16-18-35(34)53-26-33/h15-18,22,26-32,36-41,43-44,46,51,55,59H,14,19-21,23-25H2,1-13H3,(H,52,58)/t27-,28-,29-,30+,31-,32+,36+,37+,38+,39-,40-,41+,43-,44?,46+,48+,49-,50-/m1/s1. The van der Waals surface area contributed by atoms with Crippen LogP contribution in [0.5, 0.6) is 0 Å². The van der Waals surface area contributed by atoms with Crippen molar-refractivity contribution in [1.29, 1.82) is 0 Å². The van der Waals surface area contributed by atoms with Gasteiger partial charge in [-0.15, -0.1) is 0 Å². The number of pyridine rings is 1. The smallest absolute Gasteiger partial charge is 0.407 e. The maximum absolute atomic E-state index is 14.5. The first-order valence-corrected chi connectivity index (χ1v) is 24.2. The summed E-state index contributed by atoms with van der Waals surface area (Å²) < 4.78 is 51.3. The van der Waals surface area contributed by atoms with Crippen LogP contribution < -0.4 is 10.6 Å². The molecule has 4 aliphatic heterocycles. The van der Waals surface area contributed by atoms with Crippen LogP contribution in [0, 0.1) is 23.7 Å². The lowest BCUT2D eigenvalue weighted by molar-refractivity contribution is -0.317. The normalized spacial score (nSPS) is 41.0. The summed E-state index contributed by atoms with van der Waals surface area (Å²) in [5.41, 5.74) is -2.23. The minimum absolute atomic E-state index is 0.0844. The van der Waals surface area contributed by atoms with Crippen LogP contribution in [-0.4, -0.2) is 156 Å². The molecule has 18 atom stereocenters. The molecule has 6 rings (SSSR count). The van der Waals surface area contributed by atoms with Crippen LogP contribution in [0.25, 0.3) is 10.9 Å². The average molecular weight is 943 g/mol. The number of amides is 1. The second kappa shape index (κ2) is 21.7. The van der Waals surface area contributed by atoms with Gasteiger partial charge in [0.2, 0.25) is 0 Å². The number of likely N-dealkylation sites (N-methyl/N-ethyl adjacent to an activating group) is 1. The Bertz CT molecular complexity index is 2010. The molecule has 2 aromatic rings. The number of ketones is 1. The number of hydrogen-bond acceptors (Lipinski definition) is 16. The Labute approximate surface area is 396 Å². The zero-order chi connectivity index (χ0) is 49.2. The second-order valence-corrected chi connectivity index (χ2v) is 20.5. The fourth-order valence-electron chi connectivity index (χ4n) is 11.1. The van der Waals surface area contributed by atoms with Gasteiger partial charge in [0, 0.05) is 62.6 Å². The van der Waals surface area contributed by atoms with Crippen LogP contribution in [0.1, 0.15) is 100 Å². The second-order valence-electron chi connectivity index (χ2n) is 20.5. The number of aliphatic hydroxyl groups excluding tert-OH is 1. The summed E-state index contributed by atoms with van der Waals surface area (Å²) in [6.07, 6.45) is -6.50. The number of carbonyl (C=O) groups is 3. The Morgan fingerprint density at radius 1 is 0.970 bits per heavy atom. The zero-order valence-electron chi connectivity index (χ0n) is 41.9. The first-order valence-electron chi connectivity index (χ1n) is 24.2. The van der Waals surface area contributed by atoms with E-state index in [-0.39, 0.29) is 36.7 Å². The lowest BCUT2D eigenvalue weighted by atomic mass is 9.75. The van der Waals surface area contributed by atoms with E-state index in [1.165, 1.54) is 7.11 Å². The summed E-state index contributed by atoms with van der Waals surface area (Å²) in [7, 11) is 5.29. The number of rotatable bonds is 13. The van der Waals surface area contributed by atoms with Gasteiger partial charge in [0.15, 0.2) is 30.1 Å². The fraction of sp³-hybridized carbons (Fsp3) is 0.760. The van der Waals surface area contributed by atoms with Crippen molar-refractivity contribution in [1.82, 2.24) is 20.5 Å². The topological polar surface area (TPSA) is 206 Å². The molecule has 0 aliphatic carbocycles. The molecule has 4 fully saturated rings. The Morgan fingerprint density at radius 3 is 2.37 bits per heavy atom. The van der Waals surface area contributed by atoms with Crippen LogP contribution in [0.15, 0.2) is 36.5 Å². The van der Waals surface area contributed by atoms with Gasteiger partial charge in [-0.1, -0.05) is 45.9 Å². The molecule has 0 radical (unpaired) electrons. The Morgan fingerprint density at radius 2 is 1.69 bits per heavy atom. The summed E-state index contributed by atoms with van der Waals surface area (Å²) in [4.78, 5) is 48.2. The number of ether oxygens (including phenoxy) is 8. The van der Waals surface area contributed by atoms with E-state index in [0.29, 0.717) is 32.5 Å². The van der Waals surface area contributed by atoms with E-state index in [0.717, 1.165) is 16.5 Å². The van der Waals surface area contributed by atoms with Crippen LogP contribution >= 0.6 is 0 Å². The van der Waals surface area contributed by atoms with Gasteiger partial charge >= 0.3 is 12.1 Å². The van der Waals surface area contributed by atoms with Crippen molar-refractivity contribution in [2.24, 2.45) is 23.7 Å². The van der Waals surface area contributed by atoms with Crippen LogP contribution in [0.4, 0.5) is 4.79 Å². The van der Waals surface area contributed by atoms with Crippen molar-refractivity contribution in [3.8, 4) is 0 Å². The third-order valence-electron chi connectivity index (χ3n) is 14.9. The van der Waals surface area contributed by atoms with E-state index in [9.17, 15) is 24.6 Å². The van der Waals surface area contributed by atoms with Crippen LogP contribution in [-0.2, 0) is 54.0 Å². The molecule has 17 nitrogen and oxygen atoms in total. The number of aliphatic hydroxyl groups is 2. The minimum atomic E-state index is -1.65. The number of Topliss-reactive ketones (excluding diaryl/α,β-unsaturated/α-hetero) is 1. The third-order valence-corrected chi connectivity index (χ3v) is 14.9. The van der Waals surface area contributed by atoms with Gasteiger partial charge in [0.1, 0.15) is 17.8 Å². The first-order chi connectivity index (χ1) is 31.5. The lowest BCUT2D eigenvalue weighted by Gasteiger charge is -2.49. The van der Waals surface area contributed by atoms with Gasteiger partial charge in [0.05, 0.1) is 47.6 Å². The highest BCUT2D eigenvalue weighted by Crippen LogP contribution is 2.45. The Balaban J connectivity index is 1.22. The number of aromatic nitrogens is 1. The molecule has 67 heavy (non-hydrogen) atoms. The molecular weight excluding hydrogens is 865 g/mol. The Kier molecular flexibility index (Phi) is 17.2. The molecule has 1 unspecified atom stereocenters. The minimum Gasteiger partial charge on any atom is -0.459 e. The first kappa shape index (κ1) is 53.0. The van der Waals surface area contributed by atoms with Crippen LogP contribution in [0.2, 0.25) is 0 Å². The monoisotopic (exact) mass is 943 g/mol. The van der Waals surface area contributed by atoms with Gasteiger partial charge in [-0.3, -0.25) is 14.6 Å². The predicted molar refractivity (Wildman–Crippen MR) is 249 cm³/mol. The van der Waals surface area contributed by atoms with Crippen molar-refractivity contribution < 1.29 is 62.5 Å². The number of nitrogens with one attached hydrogen (secondary N) is 2. The van der Waals surface area contributed by atoms with Crippen molar-refractivity contribution in [3.05, 3.63) is 42.1 Å². The Hall–Kier alpha value is -3.36. The zero-order valence-corrected chi connectivity index (χ0v) is 41.9. The molecule has 376 valence electrons. The number of nitrogens with zero attached hydrogens (tertiary/aromatic N) is 2. The van der Waals surface area contributed by atoms with E-state index in [1.54, 1.807) is 27.7 Å². The maximum atomic E-state index is 14.5. The average Bonchev–Trinajstić information content (AvgIpc) is 3.52. The molecule has 1 aromatic carbocycles. The van der Waals surface area contributed by atoms with E-state index < -0.39 is 102 Å². The fourth-order valence-corrected chi connectivity index (χ4v) is 11.1. The number of methoxy groups -OCH3 is 1. The quantitative estimate of drug-likeness (QED) is 0.156. The molecule has 0 saturated carbocycles.